The molecule has 0 radical (unpaired) electrons. The normalized spacial score (nSPS) is 25.2. The van der Waals surface area contributed by atoms with E-state index in [0.29, 0.717) is 23.3 Å². The molecule has 1 aromatic carbocycles. The summed E-state index contributed by atoms with van der Waals surface area (Å²) in [6, 6.07) is 9.82. The first kappa shape index (κ1) is 15.7. The first-order valence-electron chi connectivity index (χ1n) is 7.04. The van der Waals surface area contributed by atoms with Gasteiger partial charge < -0.3 is 15.8 Å². The number of rotatable bonds is 2. The Labute approximate surface area is 139 Å². The Balaban J connectivity index is 2.01. The average molecular weight is 338 g/mol. The van der Waals surface area contributed by atoms with Crippen LogP contribution in [0, 0.1) is 0 Å². The maximum absolute atomic E-state index is 6.19. The summed E-state index contributed by atoms with van der Waals surface area (Å²) in [5.41, 5.74) is 8.20. The topological polar surface area (TPSA) is 60.2 Å². The summed E-state index contributed by atoms with van der Waals surface area (Å²) in [5.74, 6) is 0. The number of hydrogen-bond donors (Lipinski definition) is 2. The Kier molecular flexibility index (Phi) is 4.39. The van der Waals surface area contributed by atoms with Crippen molar-refractivity contribution in [2.75, 3.05) is 13.1 Å². The minimum atomic E-state index is -0.480. The first-order valence-corrected chi connectivity index (χ1v) is 7.80. The van der Waals surface area contributed by atoms with E-state index in [2.05, 4.69) is 10.3 Å². The molecule has 0 aliphatic carbocycles. The molecule has 22 heavy (non-hydrogen) atoms. The lowest BCUT2D eigenvalue weighted by Gasteiger charge is -2.38. The third-order valence-electron chi connectivity index (χ3n) is 3.81. The number of aromatic nitrogens is 1. The van der Waals surface area contributed by atoms with Crippen molar-refractivity contribution in [3.05, 3.63) is 52.3 Å². The predicted molar refractivity (Wildman–Crippen MR) is 89.0 cm³/mol. The summed E-state index contributed by atoms with van der Waals surface area (Å²) in [6.07, 6.45) is 1.21. The van der Waals surface area contributed by atoms with E-state index in [1.54, 1.807) is 0 Å². The predicted octanol–water partition coefficient (Wildman–Crippen LogP) is 3.18. The maximum atomic E-state index is 6.19. The molecule has 2 heterocycles. The van der Waals surface area contributed by atoms with Crippen molar-refractivity contribution in [2.24, 2.45) is 5.73 Å². The van der Waals surface area contributed by atoms with E-state index < -0.39 is 5.60 Å². The molecule has 3 N–H and O–H groups in total. The van der Waals surface area contributed by atoms with Gasteiger partial charge in [0.1, 0.15) is 17.0 Å². The van der Waals surface area contributed by atoms with Gasteiger partial charge in [0.15, 0.2) is 0 Å². The van der Waals surface area contributed by atoms with Crippen LogP contribution in [0.2, 0.25) is 10.2 Å². The monoisotopic (exact) mass is 337 g/mol. The van der Waals surface area contributed by atoms with Crippen molar-refractivity contribution in [1.82, 2.24) is 10.3 Å². The molecular formula is C16H17Cl2N3O. The maximum Gasteiger partial charge on any atom is 0.136 e. The van der Waals surface area contributed by atoms with E-state index in [4.69, 9.17) is 33.7 Å². The van der Waals surface area contributed by atoms with Crippen molar-refractivity contribution >= 4 is 23.2 Å². The molecule has 0 amide bonds. The molecule has 2 aromatic rings. The van der Waals surface area contributed by atoms with E-state index in [-0.39, 0.29) is 6.23 Å². The molecule has 116 valence electrons. The Morgan fingerprint density at radius 2 is 2.18 bits per heavy atom. The van der Waals surface area contributed by atoms with E-state index in [1.165, 1.54) is 6.20 Å². The second-order valence-electron chi connectivity index (χ2n) is 5.59. The summed E-state index contributed by atoms with van der Waals surface area (Å²) in [6.45, 7) is 3.38. The Bertz CT molecular complexity index is 695. The van der Waals surface area contributed by atoms with Crippen LogP contribution in [0.1, 0.15) is 12.5 Å². The number of hydrogen-bond acceptors (Lipinski definition) is 4. The van der Waals surface area contributed by atoms with E-state index in [1.807, 2.05) is 37.3 Å². The highest BCUT2D eigenvalue weighted by atomic mass is 35.5. The molecule has 1 saturated heterocycles. The third-order valence-corrected chi connectivity index (χ3v) is 4.32. The fourth-order valence-electron chi connectivity index (χ4n) is 2.68. The molecule has 0 bridgehead atoms. The number of halogens is 2. The van der Waals surface area contributed by atoms with Crippen molar-refractivity contribution in [3.8, 4) is 11.1 Å². The molecule has 3 rings (SSSR count). The van der Waals surface area contributed by atoms with Crippen LogP contribution in [0.4, 0.5) is 0 Å². The van der Waals surface area contributed by atoms with Crippen LogP contribution >= 0.6 is 23.2 Å². The van der Waals surface area contributed by atoms with Crippen molar-refractivity contribution in [1.29, 1.82) is 0 Å². The minimum absolute atomic E-state index is 0.321. The lowest BCUT2D eigenvalue weighted by molar-refractivity contribution is -0.107. The molecule has 1 aliphatic rings. The third kappa shape index (κ3) is 3.12. The van der Waals surface area contributed by atoms with E-state index in [0.717, 1.165) is 16.7 Å². The largest absolute Gasteiger partial charge is 0.350 e. The molecule has 2 unspecified atom stereocenters. The Morgan fingerprint density at radius 1 is 1.36 bits per heavy atom. The smallest absolute Gasteiger partial charge is 0.136 e. The van der Waals surface area contributed by atoms with Gasteiger partial charge in [-0.3, -0.25) is 0 Å². The number of pyridine rings is 1. The molecule has 0 saturated carbocycles. The summed E-state index contributed by atoms with van der Waals surface area (Å²) in [7, 11) is 0. The fourth-order valence-corrected chi connectivity index (χ4v) is 3.05. The highest BCUT2D eigenvalue weighted by molar-refractivity contribution is 6.34. The lowest BCUT2D eigenvalue weighted by atomic mass is 9.91. The minimum Gasteiger partial charge on any atom is -0.350 e. The van der Waals surface area contributed by atoms with Crippen LogP contribution in [0.25, 0.3) is 11.1 Å². The molecule has 4 nitrogen and oxygen atoms in total. The van der Waals surface area contributed by atoms with Gasteiger partial charge >= 0.3 is 0 Å². The van der Waals surface area contributed by atoms with Gasteiger partial charge in [0.05, 0.1) is 5.02 Å². The van der Waals surface area contributed by atoms with Gasteiger partial charge in [0, 0.05) is 24.8 Å². The first-order chi connectivity index (χ1) is 10.5. The Morgan fingerprint density at radius 3 is 2.95 bits per heavy atom. The number of nitrogens with two attached hydrogens (primary N) is 1. The van der Waals surface area contributed by atoms with Crippen LogP contribution in [0.5, 0.6) is 0 Å². The van der Waals surface area contributed by atoms with Gasteiger partial charge in [-0.15, -0.1) is 0 Å². The van der Waals surface area contributed by atoms with Gasteiger partial charge in [0.2, 0.25) is 0 Å². The number of nitrogens with one attached hydrogen (secondary N) is 1. The van der Waals surface area contributed by atoms with Gasteiger partial charge in [-0.1, -0.05) is 41.4 Å². The zero-order valence-corrected chi connectivity index (χ0v) is 13.7. The van der Waals surface area contributed by atoms with Crippen molar-refractivity contribution < 1.29 is 4.74 Å². The number of nitrogens with zero attached hydrogens (tertiary/aromatic N) is 1. The number of benzene rings is 1. The van der Waals surface area contributed by atoms with Gasteiger partial charge in [0.25, 0.3) is 0 Å². The second kappa shape index (κ2) is 6.14. The molecule has 0 spiro atoms. The standard InChI is InChI=1S/C16H17Cl2N3O/c1-16(9-20-8-14(19)22-16)11-4-2-3-10(5-11)13-6-12(17)7-21-15(13)18/h2-7,14,20H,8-9,19H2,1H3. The van der Waals surface area contributed by atoms with Crippen LogP contribution in [-0.2, 0) is 10.3 Å². The molecule has 1 fully saturated rings. The zero-order chi connectivity index (χ0) is 15.7. The summed E-state index contributed by atoms with van der Waals surface area (Å²) >= 11 is 12.2. The zero-order valence-electron chi connectivity index (χ0n) is 12.1. The van der Waals surface area contributed by atoms with E-state index in [9.17, 15) is 0 Å². The summed E-state index contributed by atoms with van der Waals surface area (Å²) in [4.78, 5) is 4.10. The number of ether oxygens (including phenoxy) is 1. The fraction of sp³-hybridized carbons (Fsp3) is 0.312. The molecule has 6 heteroatoms. The molecular weight excluding hydrogens is 321 g/mol. The molecule has 2 atom stereocenters. The summed E-state index contributed by atoms with van der Waals surface area (Å²) in [5, 5.41) is 4.27. The SMILES string of the molecule is CC1(c2cccc(-c3cc(Cl)cnc3Cl)c2)CNCC(N)O1. The highest BCUT2D eigenvalue weighted by Gasteiger charge is 2.33. The molecule has 1 aliphatic heterocycles. The lowest BCUT2D eigenvalue weighted by Crippen LogP contribution is -2.53. The number of morpholine rings is 1. The highest BCUT2D eigenvalue weighted by Crippen LogP contribution is 2.33. The second-order valence-corrected chi connectivity index (χ2v) is 6.39. The van der Waals surface area contributed by atoms with Crippen LogP contribution < -0.4 is 11.1 Å². The van der Waals surface area contributed by atoms with Gasteiger partial charge in [-0.05, 0) is 30.2 Å². The Hall–Kier alpha value is -1.17. The molecule has 1 aromatic heterocycles. The van der Waals surface area contributed by atoms with E-state index >= 15 is 0 Å². The van der Waals surface area contributed by atoms with Crippen LogP contribution in [0.15, 0.2) is 36.5 Å². The average Bonchev–Trinajstić information content (AvgIpc) is 2.50. The van der Waals surface area contributed by atoms with Gasteiger partial charge in [-0.25, -0.2) is 4.98 Å². The van der Waals surface area contributed by atoms with Gasteiger partial charge in [-0.2, -0.15) is 0 Å². The van der Waals surface area contributed by atoms with Crippen molar-refractivity contribution in [3.63, 3.8) is 0 Å². The van der Waals surface area contributed by atoms with Crippen molar-refractivity contribution in [2.45, 2.75) is 18.8 Å². The van der Waals surface area contributed by atoms with Crippen LogP contribution in [-0.4, -0.2) is 24.3 Å². The summed E-state index contributed by atoms with van der Waals surface area (Å²) < 4.78 is 5.95. The van der Waals surface area contributed by atoms with Crippen LogP contribution in [0.3, 0.4) is 0 Å². The quantitative estimate of drug-likeness (QED) is 0.826.